The number of likely N-dealkylation sites (tertiary alicyclic amines) is 1. The molecule has 134 valence electrons. The van der Waals surface area contributed by atoms with E-state index in [0.29, 0.717) is 36.9 Å². The Labute approximate surface area is 152 Å². The number of halogens is 1. The third-order valence-electron chi connectivity index (χ3n) is 4.57. The van der Waals surface area contributed by atoms with Gasteiger partial charge in [-0.15, -0.1) is 11.3 Å². The summed E-state index contributed by atoms with van der Waals surface area (Å²) in [6.07, 6.45) is 2.96. The molecule has 0 unspecified atom stereocenters. The lowest BCUT2D eigenvalue weighted by Crippen LogP contribution is -2.50. The monoisotopic (exact) mass is 391 g/mol. The highest BCUT2D eigenvalue weighted by Crippen LogP contribution is 2.28. The summed E-state index contributed by atoms with van der Waals surface area (Å²) in [6, 6.07) is 3.13. The molecule has 0 radical (unpaired) electrons. The first-order valence-corrected chi connectivity index (χ1v) is 10.9. The van der Waals surface area contributed by atoms with Crippen molar-refractivity contribution in [1.82, 2.24) is 14.1 Å². The minimum atomic E-state index is -3.49. The van der Waals surface area contributed by atoms with Gasteiger partial charge in [-0.05, 0) is 38.1 Å². The van der Waals surface area contributed by atoms with Crippen LogP contribution in [-0.2, 0) is 14.8 Å². The molecule has 0 aliphatic carbocycles. The summed E-state index contributed by atoms with van der Waals surface area (Å²) < 4.78 is 27.3. The van der Waals surface area contributed by atoms with E-state index in [2.05, 4.69) is 4.90 Å². The molecule has 0 atom stereocenters. The van der Waals surface area contributed by atoms with E-state index in [0.717, 1.165) is 31.0 Å². The van der Waals surface area contributed by atoms with Gasteiger partial charge in [-0.1, -0.05) is 11.6 Å². The Morgan fingerprint density at radius 1 is 1.08 bits per heavy atom. The van der Waals surface area contributed by atoms with Crippen LogP contribution < -0.4 is 0 Å². The van der Waals surface area contributed by atoms with Crippen LogP contribution in [0.25, 0.3) is 0 Å². The average Bonchev–Trinajstić information content (AvgIpc) is 3.24. The van der Waals surface area contributed by atoms with E-state index in [4.69, 9.17) is 11.6 Å². The average molecular weight is 392 g/mol. The van der Waals surface area contributed by atoms with Crippen molar-refractivity contribution in [3.8, 4) is 0 Å². The highest BCUT2D eigenvalue weighted by atomic mass is 35.5. The highest BCUT2D eigenvalue weighted by molar-refractivity contribution is 7.91. The summed E-state index contributed by atoms with van der Waals surface area (Å²) in [5, 5.41) is 0. The number of amides is 1. The molecule has 0 bridgehead atoms. The fourth-order valence-corrected chi connectivity index (χ4v) is 6.22. The quantitative estimate of drug-likeness (QED) is 0.766. The normalized spacial score (nSPS) is 20.6. The summed E-state index contributed by atoms with van der Waals surface area (Å²) in [5.41, 5.74) is 0. The van der Waals surface area contributed by atoms with E-state index in [9.17, 15) is 13.2 Å². The van der Waals surface area contributed by atoms with Crippen molar-refractivity contribution in [2.45, 2.75) is 23.5 Å². The van der Waals surface area contributed by atoms with Crippen LogP contribution in [0.15, 0.2) is 16.3 Å². The maximum Gasteiger partial charge on any atom is 0.252 e. The minimum absolute atomic E-state index is 0.123. The standard InChI is InChI=1S/C15H22ClN3O3S2/c16-13-3-4-15(23-13)24(21,22)19-11-9-18(10-12-19)14(20)5-8-17-6-1-2-7-17/h3-4H,1-2,5-12H2. The molecule has 2 aliphatic rings. The largest absolute Gasteiger partial charge is 0.340 e. The van der Waals surface area contributed by atoms with Gasteiger partial charge >= 0.3 is 0 Å². The number of piperazine rings is 1. The Hall–Kier alpha value is -0.670. The topological polar surface area (TPSA) is 60.9 Å². The van der Waals surface area contributed by atoms with Gasteiger partial charge in [0.2, 0.25) is 5.91 Å². The zero-order valence-corrected chi connectivity index (χ0v) is 15.9. The molecule has 2 saturated heterocycles. The molecule has 3 heterocycles. The maximum absolute atomic E-state index is 12.5. The molecule has 6 nitrogen and oxygen atoms in total. The fourth-order valence-electron chi connectivity index (χ4n) is 3.16. The summed E-state index contributed by atoms with van der Waals surface area (Å²) in [6.45, 7) is 4.57. The van der Waals surface area contributed by atoms with E-state index < -0.39 is 10.0 Å². The molecule has 0 N–H and O–H groups in total. The van der Waals surface area contributed by atoms with Crippen molar-refractivity contribution in [2.75, 3.05) is 45.8 Å². The Kier molecular flexibility index (Phi) is 5.82. The molecular weight excluding hydrogens is 370 g/mol. The van der Waals surface area contributed by atoms with Crippen LogP contribution in [0, 0.1) is 0 Å². The summed E-state index contributed by atoms with van der Waals surface area (Å²) in [5.74, 6) is 0.123. The van der Waals surface area contributed by atoms with Gasteiger partial charge < -0.3 is 9.80 Å². The van der Waals surface area contributed by atoms with Crippen molar-refractivity contribution in [1.29, 1.82) is 0 Å². The summed E-state index contributed by atoms with van der Waals surface area (Å²) in [4.78, 5) is 16.4. The lowest BCUT2D eigenvalue weighted by molar-refractivity contribution is -0.132. The van der Waals surface area contributed by atoms with Crippen molar-refractivity contribution in [2.24, 2.45) is 0 Å². The zero-order valence-electron chi connectivity index (χ0n) is 13.5. The van der Waals surface area contributed by atoms with Gasteiger partial charge in [0.05, 0.1) is 4.34 Å². The van der Waals surface area contributed by atoms with Crippen LogP contribution >= 0.6 is 22.9 Å². The molecule has 1 amide bonds. The SMILES string of the molecule is O=C(CCN1CCCC1)N1CCN(S(=O)(=O)c2ccc(Cl)s2)CC1. The van der Waals surface area contributed by atoms with E-state index in [-0.39, 0.29) is 10.1 Å². The van der Waals surface area contributed by atoms with Crippen molar-refractivity contribution in [3.05, 3.63) is 16.5 Å². The molecule has 1 aromatic rings. The third-order valence-corrected chi connectivity index (χ3v) is 8.17. The van der Waals surface area contributed by atoms with E-state index in [1.54, 1.807) is 11.0 Å². The summed E-state index contributed by atoms with van der Waals surface area (Å²) in [7, 11) is -3.49. The summed E-state index contributed by atoms with van der Waals surface area (Å²) >= 11 is 6.90. The Morgan fingerprint density at radius 3 is 2.33 bits per heavy atom. The number of nitrogens with zero attached hydrogens (tertiary/aromatic N) is 3. The highest BCUT2D eigenvalue weighted by Gasteiger charge is 2.31. The molecule has 2 fully saturated rings. The Bertz CT molecular complexity index is 678. The van der Waals surface area contributed by atoms with Crippen LogP contribution in [0.4, 0.5) is 0 Å². The third kappa shape index (κ3) is 4.11. The molecule has 2 aliphatic heterocycles. The van der Waals surface area contributed by atoms with Crippen molar-refractivity contribution in [3.63, 3.8) is 0 Å². The van der Waals surface area contributed by atoms with E-state index in [1.165, 1.54) is 23.2 Å². The molecule has 0 spiro atoms. The smallest absolute Gasteiger partial charge is 0.252 e. The second kappa shape index (κ2) is 7.70. The van der Waals surface area contributed by atoms with Crippen LogP contribution in [0.5, 0.6) is 0 Å². The number of carbonyl (C=O) groups excluding carboxylic acids is 1. The Balaban J connectivity index is 1.50. The molecule has 9 heteroatoms. The van der Waals surface area contributed by atoms with Crippen LogP contribution in [0.1, 0.15) is 19.3 Å². The van der Waals surface area contributed by atoms with Gasteiger partial charge in [0, 0.05) is 39.1 Å². The van der Waals surface area contributed by atoms with Crippen LogP contribution in [-0.4, -0.2) is 74.2 Å². The number of rotatable bonds is 5. The van der Waals surface area contributed by atoms with E-state index in [1.807, 2.05) is 0 Å². The van der Waals surface area contributed by atoms with Gasteiger partial charge in [0.15, 0.2) is 0 Å². The lowest BCUT2D eigenvalue weighted by atomic mass is 10.3. The van der Waals surface area contributed by atoms with Crippen LogP contribution in [0.3, 0.4) is 0 Å². The molecule has 1 aromatic heterocycles. The van der Waals surface area contributed by atoms with Crippen molar-refractivity contribution >= 4 is 38.9 Å². The fraction of sp³-hybridized carbons (Fsp3) is 0.667. The Morgan fingerprint density at radius 2 is 1.75 bits per heavy atom. The number of carbonyl (C=O) groups is 1. The number of sulfonamides is 1. The second-order valence-corrected chi connectivity index (χ2v) is 10.0. The number of hydrogen-bond donors (Lipinski definition) is 0. The minimum Gasteiger partial charge on any atom is -0.340 e. The molecular formula is C15H22ClN3O3S2. The van der Waals surface area contributed by atoms with Gasteiger partial charge in [0.25, 0.3) is 10.0 Å². The zero-order chi connectivity index (χ0) is 17.2. The second-order valence-electron chi connectivity index (χ2n) is 6.14. The predicted molar refractivity (Wildman–Crippen MR) is 95.0 cm³/mol. The maximum atomic E-state index is 12.5. The molecule has 0 saturated carbocycles. The molecule has 0 aromatic carbocycles. The van der Waals surface area contributed by atoms with Crippen molar-refractivity contribution < 1.29 is 13.2 Å². The first-order chi connectivity index (χ1) is 11.5. The van der Waals surface area contributed by atoms with Crippen LogP contribution in [0.2, 0.25) is 4.34 Å². The van der Waals surface area contributed by atoms with Gasteiger partial charge in [-0.2, -0.15) is 4.31 Å². The van der Waals surface area contributed by atoms with Gasteiger partial charge in [-0.25, -0.2) is 8.42 Å². The van der Waals surface area contributed by atoms with E-state index >= 15 is 0 Å². The predicted octanol–water partition coefficient (Wildman–Crippen LogP) is 1.72. The molecule has 3 rings (SSSR count). The van der Waals surface area contributed by atoms with Gasteiger partial charge in [0.1, 0.15) is 4.21 Å². The number of thiophene rings is 1. The lowest BCUT2D eigenvalue weighted by Gasteiger charge is -2.34. The van der Waals surface area contributed by atoms with Gasteiger partial charge in [-0.3, -0.25) is 4.79 Å². The molecule has 24 heavy (non-hydrogen) atoms. The number of hydrogen-bond acceptors (Lipinski definition) is 5. The first-order valence-electron chi connectivity index (χ1n) is 8.22. The first kappa shape index (κ1) is 18.1.